The molecule has 0 aliphatic carbocycles. The lowest BCUT2D eigenvalue weighted by molar-refractivity contribution is 0.789. The zero-order valence-electron chi connectivity index (χ0n) is 12.8. The molecule has 0 bridgehead atoms. The fourth-order valence-electron chi connectivity index (χ4n) is 2.20. The number of rotatable bonds is 6. The molecule has 2 heterocycles. The van der Waals surface area contributed by atoms with Crippen LogP contribution in [0.15, 0.2) is 24.5 Å². The Hall–Kier alpha value is -2.21. The van der Waals surface area contributed by atoms with E-state index in [2.05, 4.69) is 32.2 Å². The lowest BCUT2D eigenvalue weighted by Gasteiger charge is -2.25. The van der Waals surface area contributed by atoms with Gasteiger partial charge in [0.1, 0.15) is 17.5 Å². The van der Waals surface area contributed by atoms with Crippen LogP contribution in [0.3, 0.4) is 0 Å². The second kappa shape index (κ2) is 6.99. The van der Waals surface area contributed by atoms with E-state index in [9.17, 15) is 0 Å². The summed E-state index contributed by atoms with van der Waals surface area (Å²) in [4.78, 5) is 15.3. The predicted molar refractivity (Wildman–Crippen MR) is 84.9 cm³/mol. The van der Waals surface area contributed by atoms with Gasteiger partial charge in [-0.1, -0.05) is 6.92 Å². The first-order chi connectivity index (χ1) is 10.2. The van der Waals surface area contributed by atoms with Gasteiger partial charge in [0.25, 0.3) is 0 Å². The van der Waals surface area contributed by atoms with Crippen LogP contribution in [-0.2, 0) is 13.0 Å². The maximum absolute atomic E-state index is 5.57. The van der Waals surface area contributed by atoms with Crippen LogP contribution in [0.2, 0.25) is 0 Å². The van der Waals surface area contributed by atoms with Crippen LogP contribution in [0.5, 0.6) is 0 Å². The molecule has 2 aromatic rings. The number of nitrogens with zero attached hydrogens (tertiary/aromatic N) is 4. The first-order valence-electron chi connectivity index (χ1n) is 7.17. The Bertz CT molecular complexity index is 584. The Morgan fingerprint density at radius 2 is 1.90 bits per heavy atom. The Labute approximate surface area is 125 Å². The van der Waals surface area contributed by atoms with E-state index in [-0.39, 0.29) is 0 Å². The highest BCUT2D eigenvalue weighted by Gasteiger charge is 2.15. The van der Waals surface area contributed by atoms with Gasteiger partial charge in [-0.15, -0.1) is 0 Å². The van der Waals surface area contributed by atoms with E-state index in [0.717, 1.165) is 36.7 Å². The number of hydrogen-bond acceptors (Lipinski definition) is 6. The van der Waals surface area contributed by atoms with E-state index < -0.39 is 0 Å². The summed E-state index contributed by atoms with van der Waals surface area (Å²) >= 11 is 0. The molecule has 0 radical (unpaired) electrons. The first-order valence-corrected chi connectivity index (χ1v) is 7.17. The summed E-state index contributed by atoms with van der Waals surface area (Å²) in [5.41, 5.74) is 4.83. The number of aryl methyl sites for hydroxylation is 1. The molecule has 2 rings (SSSR count). The van der Waals surface area contributed by atoms with E-state index in [1.54, 1.807) is 12.4 Å². The summed E-state index contributed by atoms with van der Waals surface area (Å²) in [6.45, 7) is 7.77. The SMILES string of the molecule is CCc1nc(NN)c(C)c(N(CC)Cc2ccncc2)n1. The van der Waals surface area contributed by atoms with Crippen LogP contribution >= 0.6 is 0 Å². The quantitative estimate of drug-likeness (QED) is 0.625. The Balaban J connectivity index is 2.37. The summed E-state index contributed by atoms with van der Waals surface area (Å²) in [6, 6.07) is 4.03. The fraction of sp³-hybridized carbons (Fsp3) is 0.400. The van der Waals surface area contributed by atoms with Gasteiger partial charge in [-0.25, -0.2) is 15.8 Å². The first kappa shape index (κ1) is 15.2. The van der Waals surface area contributed by atoms with E-state index in [1.807, 2.05) is 26.0 Å². The molecule has 21 heavy (non-hydrogen) atoms. The maximum Gasteiger partial charge on any atom is 0.148 e. The average Bonchev–Trinajstić information content (AvgIpc) is 2.54. The topological polar surface area (TPSA) is 80.0 Å². The molecule has 0 saturated carbocycles. The smallest absolute Gasteiger partial charge is 0.148 e. The van der Waals surface area contributed by atoms with Crippen molar-refractivity contribution in [2.45, 2.75) is 33.7 Å². The third kappa shape index (κ3) is 3.46. The van der Waals surface area contributed by atoms with Gasteiger partial charge in [0, 0.05) is 37.5 Å². The van der Waals surface area contributed by atoms with Crippen molar-refractivity contribution >= 4 is 11.6 Å². The molecule has 0 spiro atoms. The number of nitrogens with one attached hydrogen (secondary N) is 1. The number of nitrogens with two attached hydrogens (primary N) is 1. The predicted octanol–water partition coefficient (Wildman–Crippen LogP) is 2.05. The summed E-state index contributed by atoms with van der Waals surface area (Å²) in [5, 5.41) is 0. The van der Waals surface area contributed by atoms with Gasteiger partial charge in [0.2, 0.25) is 0 Å². The van der Waals surface area contributed by atoms with Crippen LogP contribution in [0.25, 0.3) is 0 Å². The van der Waals surface area contributed by atoms with Crippen LogP contribution in [0.4, 0.5) is 11.6 Å². The third-order valence-corrected chi connectivity index (χ3v) is 3.42. The van der Waals surface area contributed by atoms with E-state index in [1.165, 1.54) is 5.56 Å². The minimum atomic E-state index is 0.685. The molecule has 0 unspecified atom stereocenters. The summed E-state index contributed by atoms with van der Waals surface area (Å²) in [6.07, 6.45) is 4.38. The van der Waals surface area contributed by atoms with Crippen molar-refractivity contribution in [3.05, 3.63) is 41.5 Å². The summed E-state index contributed by atoms with van der Waals surface area (Å²) in [7, 11) is 0. The van der Waals surface area contributed by atoms with Crippen LogP contribution in [0.1, 0.15) is 30.8 Å². The molecular formula is C15H22N6. The minimum Gasteiger partial charge on any atom is -0.352 e. The summed E-state index contributed by atoms with van der Waals surface area (Å²) < 4.78 is 0. The third-order valence-electron chi connectivity index (χ3n) is 3.42. The number of hydrogen-bond donors (Lipinski definition) is 2. The lowest BCUT2D eigenvalue weighted by Crippen LogP contribution is -2.26. The van der Waals surface area contributed by atoms with E-state index >= 15 is 0 Å². The molecular weight excluding hydrogens is 264 g/mol. The second-order valence-electron chi connectivity index (χ2n) is 4.80. The average molecular weight is 286 g/mol. The standard InChI is InChI=1S/C15H22N6/c1-4-13-18-14(20-16)11(3)15(19-13)21(5-2)10-12-6-8-17-9-7-12/h6-9H,4-5,10,16H2,1-3H3,(H,18,19,20). The molecule has 0 aromatic carbocycles. The molecule has 0 amide bonds. The van der Waals surface area contributed by atoms with Gasteiger partial charge >= 0.3 is 0 Å². The van der Waals surface area contributed by atoms with Crippen molar-refractivity contribution in [3.8, 4) is 0 Å². The van der Waals surface area contributed by atoms with Crippen molar-refractivity contribution in [1.82, 2.24) is 15.0 Å². The molecule has 112 valence electrons. The van der Waals surface area contributed by atoms with Crippen LogP contribution < -0.4 is 16.2 Å². The fourth-order valence-corrected chi connectivity index (χ4v) is 2.20. The lowest BCUT2D eigenvalue weighted by atomic mass is 10.2. The molecule has 0 atom stereocenters. The van der Waals surface area contributed by atoms with Crippen molar-refractivity contribution in [2.75, 3.05) is 16.9 Å². The zero-order valence-corrected chi connectivity index (χ0v) is 12.8. The molecule has 0 fully saturated rings. The Morgan fingerprint density at radius 3 is 2.48 bits per heavy atom. The van der Waals surface area contributed by atoms with Gasteiger partial charge < -0.3 is 10.3 Å². The number of nitrogen functional groups attached to an aromatic ring is 1. The highest BCUT2D eigenvalue weighted by Crippen LogP contribution is 2.24. The molecule has 6 heteroatoms. The van der Waals surface area contributed by atoms with Gasteiger partial charge in [-0.3, -0.25) is 4.98 Å². The number of pyridine rings is 1. The number of hydrazine groups is 1. The second-order valence-corrected chi connectivity index (χ2v) is 4.80. The molecule has 0 saturated heterocycles. The largest absolute Gasteiger partial charge is 0.352 e. The highest BCUT2D eigenvalue weighted by molar-refractivity contribution is 5.58. The minimum absolute atomic E-state index is 0.685. The normalized spacial score (nSPS) is 10.5. The van der Waals surface area contributed by atoms with E-state index in [0.29, 0.717) is 5.82 Å². The Kier molecular flexibility index (Phi) is 5.05. The highest BCUT2D eigenvalue weighted by atomic mass is 15.3. The molecule has 0 aliphatic heterocycles. The Morgan fingerprint density at radius 1 is 1.19 bits per heavy atom. The van der Waals surface area contributed by atoms with Crippen molar-refractivity contribution < 1.29 is 0 Å². The van der Waals surface area contributed by atoms with Gasteiger partial charge in [-0.2, -0.15) is 0 Å². The maximum atomic E-state index is 5.57. The van der Waals surface area contributed by atoms with E-state index in [4.69, 9.17) is 5.84 Å². The molecule has 6 nitrogen and oxygen atoms in total. The van der Waals surface area contributed by atoms with Gasteiger partial charge in [-0.05, 0) is 31.5 Å². The van der Waals surface area contributed by atoms with Crippen molar-refractivity contribution in [1.29, 1.82) is 0 Å². The van der Waals surface area contributed by atoms with Crippen LogP contribution in [-0.4, -0.2) is 21.5 Å². The summed E-state index contributed by atoms with van der Waals surface area (Å²) in [5.74, 6) is 7.97. The zero-order chi connectivity index (χ0) is 15.2. The van der Waals surface area contributed by atoms with Crippen molar-refractivity contribution in [2.24, 2.45) is 5.84 Å². The molecule has 0 aliphatic rings. The number of aromatic nitrogens is 3. The molecule has 3 N–H and O–H groups in total. The molecule has 2 aromatic heterocycles. The monoisotopic (exact) mass is 286 g/mol. The van der Waals surface area contributed by atoms with Crippen molar-refractivity contribution in [3.63, 3.8) is 0 Å². The van der Waals surface area contributed by atoms with Gasteiger partial charge in [0.15, 0.2) is 0 Å². The van der Waals surface area contributed by atoms with Crippen LogP contribution in [0, 0.1) is 6.92 Å². The van der Waals surface area contributed by atoms with Gasteiger partial charge in [0.05, 0.1) is 0 Å². The number of anilines is 2.